The molecule has 1 aromatic carbocycles. The van der Waals surface area contributed by atoms with Crippen LogP contribution < -0.4 is 0 Å². The Kier molecular flexibility index (Phi) is 3.61. The molecule has 0 saturated carbocycles. The smallest absolute Gasteiger partial charge is 0.303 e. The first-order valence-corrected chi connectivity index (χ1v) is 5.88. The van der Waals surface area contributed by atoms with E-state index in [1.54, 1.807) is 13.0 Å². The van der Waals surface area contributed by atoms with E-state index >= 15 is 0 Å². The summed E-state index contributed by atoms with van der Waals surface area (Å²) in [5.74, 6) is -2.36. The zero-order valence-electron chi connectivity index (χ0n) is 10.1. The summed E-state index contributed by atoms with van der Waals surface area (Å²) in [5, 5.41) is 8.64. The molecule has 0 aromatic heterocycles. The minimum Gasteiger partial charge on any atom is -0.481 e. The molecule has 1 unspecified atom stereocenters. The highest BCUT2D eigenvalue weighted by atomic mass is 19.2. The first-order chi connectivity index (χ1) is 8.49. The van der Waals surface area contributed by atoms with Crippen LogP contribution in [0.25, 0.3) is 0 Å². The van der Waals surface area contributed by atoms with Crippen molar-refractivity contribution in [2.75, 3.05) is 13.1 Å². The number of aliphatic carboxylic acids is 1. The van der Waals surface area contributed by atoms with Gasteiger partial charge in [0.15, 0.2) is 11.6 Å². The van der Waals surface area contributed by atoms with Crippen LogP contribution in [0, 0.1) is 17.6 Å². The maximum Gasteiger partial charge on any atom is 0.303 e. The van der Waals surface area contributed by atoms with E-state index in [9.17, 15) is 13.6 Å². The molecule has 1 fully saturated rings. The average molecular weight is 255 g/mol. The van der Waals surface area contributed by atoms with E-state index in [0.29, 0.717) is 18.7 Å². The summed E-state index contributed by atoms with van der Waals surface area (Å²) in [6.45, 7) is 3.03. The lowest BCUT2D eigenvalue weighted by Gasteiger charge is -2.42. The molecule has 2 rings (SSSR count). The van der Waals surface area contributed by atoms with Gasteiger partial charge in [0, 0.05) is 24.7 Å². The van der Waals surface area contributed by atoms with E-state index in [1.807, 2.05) is 4.90 Å². The lowest BCUT2D eigenvalue weighted by atomic mass is 9.92. The molecule has 1 aromatic rings. The van der Waals surface area contributed by atoms with Crippen LogP contribution in [0.15, 0.2) is 18.2 Å². The Morgan fingerprint density at radius 3 is 2.78 bits per heavy atom. The number of likely N-dealkylation sites (tertiary alicyclic amines) is 1. The van der Waals surface area contributed by atoms with Crippen LogP contribution in [0.2, 0.25) is 0 Å². The van der Waals surface area contributed by atoms with Gasteiger partial charge in [0.1, 0.15) is 0 Å². The van der Waals surface area contributed by atoms with Gasteiger partial charge in [0.2, 0.25) is 0 Å². The van der Waals surface area contributed by atoms with E-state index in [4.69, 9.17) is 5.11 Å². The van der Waals surface area contributed by atoms with Crippen molar-refractivity contribution < 1.29 is 18.7 Å². The van der Waals surface area contributed by atoms with Gasteiger partial charge in [0.25, 0.3) is 0 Å². The van der Waals surface area contributed by atoms with Crippen LogP contribution in [-0.4, -0.2) is 29.1 Å². The highest BCUT2D eigenvalue weighted by Gasteiger charge is 2.33. The number of hydrogen-bond acceptors (Lipinski definition) is 2. The summed E-state index contributed by atoms with van der Waals surface area (Å²) >= 11 is 0. The summed E-state index contributed by atoms with van der Waals surface area (Å²) in [6.07, 6.45) is 0.134. The molecule has 5 heteroatoms. The van der Waals surface area contributed by atoms with Crippen LogP contribution in [0.1, 0.15) is 24.9 Å². The van der Waals surface area contributed by atoms with Gasteiger partial charge < -0.3 is 5.11 Å². The highest BCUT2D eigenvalue weighted by molar-refractivity contribution is 5.67. The third-order valence-electron chi connectivity index (χ3n) is 3.43. The molecule has 98 valence electrons. The van der Waals surface area contributed by atoms with Crippen molar-refractivity contribution in [2.45, 2.75) is 19.4 Å². The Hall–Kier alpha value is -1.49. The van der Waals surface area contributed by atoms with Gasteiger partial charge in [0.05, 0.1) is 6.42 Å². The lowest BCUT2D eigenvalue weighted by molar-refractivity contribution is -0.139. The van der Waals surface area contributed by atoms with Gasteiger partial charge in [-0.15, -0.1) is 0 Å². The Morgan fingerprint density at radius 2 is 2.17 bits per heavy atom. The second kappa shape index (κ2) is 5.02. The third kappa shape index (κ3) is 2.51. The summed E-state index contributed by atoms with van der Waals surface area (Å²) in [7, 11) is 0. The van der Waals surface area contributed by atoms with Gasteiger partial charge in [-0.25, -0.2) is 8.78 Å². The van der Waals surface area contributed by atoms with Crippen molar-refractivity contribution in [3.05, 3.63) is 35.4 Å². The van der Waals surface area contributed by atoms with Crippen LogP contribution in [-0.2, 0) is 4.79 Å². The van der Waals surface area contributed by atoms with E-state index in [-0.39, 0.29) is 18.4 Å². The first kappa shape index (κ1) is 13.0. The number of carboxylic acid groups (broad SMARTS) is 1. The number of nitrogens with zero attached hydrogens (tertiary/aromatic N) is 1. The molecule has 1 atom stereocenters. The molecule has 0 radical (unpaired) electrons. The SMILES string of the molecule is CC(c1cccc(F)c1F)N1CC(CC(=O)O)C1. The van der Waals surface area contributed by atoms with Crippen molar-refractivity contribution in [1.29, 1.82) is 0 Å². The Bertz CT molecular complexity index is 458. The van der Waals surface area contributed by atoms with E-state index in [0.717, 1.165) is 6.07 Å². The fraction of sp³-hybridized carbons (Fsp3) is 0.462. The number of carboxylic acids is 1. The Labute approximate surface area is 104 Å². The van der Waals surface area contributed by atoms with Crippen molar-refractivity contribution in [3.63, 3.8) is 0 Å². The second-order valence-electron chi connectivity index (χ2n) is 4.74. The second-order valence-corrected chi connectivity index (χ2v) is 4.74. The normalized spacial score (nSPS) is 18.4. The van der Waals surface area contributed by atoms with Gasteiger partial charge in [-0.05, 0) is 18.9 Å². The van der Waals surface area contributed by atoms with Crippen LogP contribution in [0.5, 0.6) is 0 Å². The summed E-state index contributed by atoms with van der Waals surface area (Å²) in [6, 6.07) is 3.91. The molecule has 3 nitrogen and oxygen atoms in total. The molecule has 0 aliphatic carbocycles. The quantitative estimate of drug-likeness (QED) is 0.898. The van der Waals surface area contributed by atoms with Gasteiger partial charge in [-0.3, -0.25) is 9.69 Å². The van der Waals surface area contributed by atoms with Crippen LogP contribution >= 0.6 is 0 Å². The van der Waals surface area contributed by atoms with Crippen LogP contribution in [0.3, 0.4) is 0 Å². The molecule has 0 spiro atoms. The molecule has 1 N–H and O–H groups in total. The maximum absolute atomic E-state index is 13.6. The third-order valence-corrected chi connectivity index (χ3v) is 3.43. The molecular weight excluding hydrogens is 240 g/mol. The summed E-state index contributed by atoms with van der Waals surface area (Å²) in [5.41, 5.74) is 0.323. The average Bonchev–Trinajstić information content (AvgIpc) is 2.25. The van der Waals surface area contributed by atoms with E-state index in [2.05, 4.69) is 0 Å². The minimum absolute atomic E-state index is 0.113. The molecule has 0 bridgehead atoms. The lowest BCUT2D eigenvalue weighted by Crippen LogP contribution is -2.48. The zero-order valence-corrected chi connectivity index (χ0v) is 10.1. The topological polar surface area (TPSA) is 40.5 Å². The molecule has 1 saturated heterocycles. The van der Waals surface area contributed by atoms with Gasteiger partial charge in [-0.1, -0.05) is 12.1 Å². The molecule has 1 heterocycles. The molecular formula is C13H15F2NO2. The fourth-order valence-electron chi connectivity index (χ4n) is 2.34. The molecule has 1 aliphatic heterocycles. The zero-order chi connectivity index (χ0) is 13.3. The van der Waals surface area contributed by atoms with Crippen molar-refractivity contribution >= 4 is 5.97 Å². The summed E-state index contributed by atoms with van der Waals surface area (Å²) < 4.78 is 26.7. The summed E-state index contributed by atoms with van der Waals surface area (Å²) in [4.78, 5) is 12.5. The number of halogens is 2. The standard InChI is InChI=1S/C13H15F2NO2/c1-8(10-3-2-4-11(14)13(10)15)16-6-9(7-16)5-12(17)18/h2-4,8-9H,5-7H2,1H3,(H,17,18). The van der Waals surface area contributed by atoms with Crippen LogP contribution in [0.4, 0.5) is 8.78 Å². The number of benzene rings is 1. The fourth-order valence-corrected chi connectivity index (χ4v) is 2.34. The van der Waals surface area contributed by atoms with E-state index in [1.165, 1.54) is 6.07 Å². The van der Waals surface area contributed by atoms with Gasteiger partial charge in [-0.2, -0.15) is 0 Å². The van der Waals surface area contributed by atoms with E-state index < -0.39 is 17.6 Å². The van der Waals surface area contributed by atoms with Gasteiger partial charge >= 0.3 is 5.97 Å². The van der Waals surface area contributed by atoms with Crippen molar-refractivity contribution in [1.82, 2.24) is 4.90 Å². The predicted molar refractivity (Wildman–Crippen MR) is 62.1 cm³/mol. The Balaban J connectivity index is 1.99. The first-order valence-electron chi connectivity index (χ1n) is 5.88. The molecule has 0 amide bonds. The number of carbonyl (C=O) groups is 1. The van der Waals surface area contributed by atoms with Crippen molar-refractivity contribution in [2.24, 2.45) is 5.92 Å². The largest absolute Gasteiger partial charge is 0.481 e. The molecule has 18 heavy (non-hydrogen) atoms. The number of hydrogen-bond donors (Lipinski definition) is 1. The minimum atomic E-state index is -0.845. The monoisotopic (exact) mass is 255 g/mol. The Morgan fingerprint density at radius 1 is 1.50 bits per heavy atom. The van der Waals surface area contributed by atoms with Crippen molar-refractivity contribution in [3.8, 4) is 0 Å². The number of rotatable bonds is 4. The maximum atomic E-state index is 13.6. The predicted octanol–water partition coefficient (Wildman–Crippen LogP) is 2.43. The highest BCUT2D eigenvalue weighted by Crippen LogP contribution is 2.31. The molecule has 1 aliphatic rings.